The fourth-order valence-electron chi connectivity index (χ4n) is 2.96. The highest BCUT2D eigenvalue weighted by atomic mass is 16.3. The van der Waals surface area contributed by atoms with Crippen LogP contribution in [0.3, 0.4) is 0 Å². The highest BCUT2D eigenvalue weighted by Gasteiger charge is 2.26. The van der Waals surface area contributed by atoms with Gasteiger partial charge in [-0.05, 0) is 52.1 Å². The molecule has 2 N–H and O–H groups in total. The number of hydrogen-bond donors (Lipinski definition) is 2. The number of aliphatic hydroxyl groups is 1. The molecule has 18 heavy (non-hydrogen) atoms. The number of nitrogens with one attached hydrogen (secondary N) is 1. The van der Waals surface area contributed by atoms with E-state index in [-0.39, 0.29) is 0 Å². The fourth-order valence-corrected chi connectivity index (χ4v) is 2.96. The average molecular weight is 256 g/mol. The normalized spacial score (nSPS) is 26.8. The Kier molecular flexibility index (Phi) is 6.61. The Morgan fingerprint density at radius 3 is 2.78 bits per heavy atom. The molecule has 1 aliphatic heterocycles. The zero-order valence-corrected chi connectivity index (χ0v) is 12.7. The van der Waals surface area contributed by atoms with Crippen LogP contribution in [0.25, 0.3) is 0 Å². The van der Waals surface area contributed by atoms with Gasteiger partial charge >= 0.3 is 0 Å². The van der Waals surface area contributed by atoms with E-state index in [0.717, 1.165) is 25.3 Å². The van der Waals surface area contributed by atoms with E-state index in [1.165, 1.54) is 25.9 Å². The molecule has 0 aromatic rings. The molecular formula is C15H32N2O. The molecule has 1 saturated heterocycles. The summed E-state index contributed by atoms with van der Waals surface area (Å²) in [4.78, 5) is 2.54. The van der Waals surface area contributed by atoms with Crippen molar-refractivity contribution < 1.29 is 5.11 Å². The summed E-state index contributed by atoms with van der Waals surface area (Å²) < 4.78 is 0. The van der Waals surface area contributed by atoms with Crippen LogP contribution in [0.5, 0.6) is 0 Å². The van der Waals surface area contributed by atoms with Crippen LogP contribution in [0.15, 0.2) is 0 Å². The molecule has 3 nitrogen and oxygen atoms in total. The third-order valence-electron chi connectivity index (χ3n) is 4.29. The van der Waals surface area contributed by atoms with Crippen molar-refractivity contribution in [3.63, 3.8) is 0 Å². The quantitative estimate of drug-likeness (QED) is 0.733. The second-order valence-corrected chi connectivity index (χ2v) is 6.21. The van der Waals surface area contributed by atoms with Crippen molar-refractivity contribution in [1.82, 2.24) is 10.2 Å². The number of piperidine rings is 1. The molecule has 3 heteroatoms. The molecule has 0 spiro atoms. The summed E-state index contributed by atoms with van der Waals surface area (Å²) in [5.41, 5.74) is -0.553. The fraction of sp³-hybridized carbons (Fsp3) is 1.00. The third kappa shape index (κ3) is 5.25. The van der Waals surface area contributed by atoms with Crippen LogP contribution in [-0.2, 0) is 0 Å². The highest BCUT2D eigenvalue weighted by Crippen LogP contribution is 2.20. The Morgan fingerprint density at radius 2 is 2.17 bits per heavy atom. The minimum Gasteiger partial charge on any atom is -0.389 e. The first kappa shape index (κ1) is 15.9. The van der Waals surface area contributed by atoms with Crippen LogP contribution in [0.4, 0.5) is 0 Å². The van der Waals surface area contributed by atoms with Gasteiger partial charge in [0.1, 0.15) is 0 Å². The standard InChI is InChI=1S/C15H32N2O/c1-5-9-15(4,18)12-16-13(3)14-8-7-10-17(6-2)11-14/h13-14,16,18H,5-12H2,1-4H3. The Balaban J connectivity index is 2.33. The zero-order valence-electron chi connectivity index (χ0n) is 12.7. The average Bonchev–Trinajstić information content (AvgIpc) is 2.36. The summed E-state index contributed by atoms with van der Waals surface area (Å²) in [5.74, 6) is 0.733. The number of nitrogens with zero attached hydrogens (tertiary/aromatic N) is 1. The Labute approximate surface area is 113 Å². The van der Waals surface area contributed by atoms with Gasteiger partial charge in [0.15, 0.2) is 0 Å². The molecule has 0 amide bonds. The van der Waals surface area contributed by atoms with Gasteiger partial charge in [-0.25, -0.2) is 0 Å². The molecule has 1 aliphatic rings. The predicted molar refractivity (Wildman–Crippen MR) is 77.8 cm³/mol. The number of hydrogen-bond acceptors (Lipinski definition) is 3. The van der Waals surface area contributed by atoms with E-state index in [1.54, 1.807) is 0 Å². The smallest absolute Gasteiger partial charge is 0.0743 e. The SMILES string of the molecule is CCCC(C)(O)CNC(C)C1CCCN(CC)C1. The van der Waals surface area contributed by atoms with Crippen molar-refractivity contribution in [3.8, 4) is 0 Å². The summed E-state index contributed by atoms with van der Waals surface area (Å²) in [5, 5.41) is 13.7. The van der Waals surface area contributed by atoms with E-state index in [4.69, 9.17) is 0 Å². The second-order valence-electron chi connectivity index (χ2n) is 6.21. The van der Waals surface area contributed by atoms with Gasteiger partial charge in [0.2, 0.25) is 0 Å². The lowest BCUT2D eigenvalue weighted by molar-refractivity contribution is 0.0428. The van der Waals surface area contributed by atoms with Gasteiger partial charge in [-0.15, -0.1) is 0 Å². The number of rotatable bonds is 7. The van der Waals surface area contributed by atoms with E-state index < -0.39 is 5.60 Å². The van der Waals surface area contributed by atoms with E-state index in [2.05, 4.69) is 31.0 Å². The molecule has 1 rings (SSSR count). The predicted octanol–water partition coefficient (Wildman–Crippen LogP) is 2.25. The second kappa shape index (κ2) is 7.46. The van der Waals surface area contributed by atoms with Crippen LogP contribution in [-0.4, -0.2) is 47.8 Å². The van der Waals surface area contributed by atoms with Crippen molar-refractivity contribution in [2.75, 3.05) is 26.2 Å². The monoisotopic (exact) mass is 256 g/mol. The molecule has 0 aliphatic carbocycles. The zero-order chi connectivity index (χ0) is 13.6. The maximum Gasteiger partial charge on any atom is 0.0743 e. The first-order valence-electron chi connectivity index (χ1n) is 7.66. The molecule has 0 bridgehead atoms. The molecule has 3 unspecified atom stereocenters. The van der Waals surface area contributed by atoms with Crippen LogP contribution >= 0.6 is 0 Å². The topological polar surface area (TPSA) is 35.5 Å². The van der Waals surface area contributed by atoms with Crippen molar-refractivity contribution >= 4 is 0 Å². The lowest BCUT2D eigenvalue weighted by Crippen LogP contribution is -2.48. The van der Waals surface area contributed by atoms with Gasteiger partial charge in [-0.2, -0.15) is 0 Å². The molecule has 0 aromatic heterocycles. The molecule has 0 radical (unpaired) electrons. The third-order valence-corrected chi connectivity index (χ3v) is 4.29. The van der Waals surface area contributed by atoms with Crippen molar-refractivity contribution in [2.45, 2.75) is 65.0 Å². The van der Waals surface area contributed by atoms with Crippen LogP contribution in [0.1, 0.15) is 53.4 Å². The molecule has 3 atom stereocenters. The van der Waals surface area contributed by atoms with Crippen molar-refractivity contribution in [3.05, 3.63) is 0 Å². The van der Waals surface area contributed by atoms with Crippen LogP contribution < -0.4 is 5.32 Å². The Bertz CT molecular complexity index is 231. The Morgan fingerprint density at radius 1 is 1.44 bits per heavy atom. The van der Waals surface area contributed by atoms with Gasteiger partial charge in [-0.1, -0.05) is 20.3 Å². The van der Waals surface area contributed by atoms with Gasteiger partial charge in [0.05, 0.1) is 5.60 Å². The van der Waals surface area contributed by atoms with Gasteiger partial charge in [0.25, 0.3) is 0 Å². The van der Waals surface area contributed by atoms with Gasteiger partial charge < -0.3 is 15.3 Å². The van der Waals surface area contributed by atoms with E-state index >= 15 is 0 Å². The van der Waals surface area contributed by atoms with Crippen molar-refractivity contribution in [1.29, 1.82) is 0 Å². The lowest BCUT2D eigenvalue weighted by atomic mass is 9.90. The highest BCUT2D eigenvalue weighted by molar-refractivity contribution is 4.83. The van der Waals surface area contributed by atoms with Crippen molar-refractivity contribution in [2.24, 2.45) is 5.92 Å². The van der Waals surface area contributed by atoms with E-state index in [0.29, 0.717) is 12.6 Å². The summed E-state index contributed by atoms with van der Waals surface area (Å²) >= 11 is 0. The molecule has 0 saturated carbocycles. The summed E-state index contributed by atoms with van der Waals surface area (Å²) in [7, 11) is 0. The van der Waals surface area contributed by atoms with E-state index in [9.17, 15) is 5.11 Å². The maximum atomic E-state index is 10.2. The largest absolute Gasteiger partial charge is 0.389 e. The van der Waals surface area contributed by atoms with Crippen LogP contribution in [0.2, 0.25) is 0 Å². The molecular weight excluding hydrogens is 224 g/mol. The molecule has 0 aromatic carbocycles. The van der Waals surface area contributed by atoms with Gasteiger partial charge in [-0.3, -0.25) is 0 Å². The first-order valence-corrected chi connectivity index (χ1v) is 7.66. The lowest BCUT2D eigenvalue weighted by Gasteiger charge is -2.36. The Hall–Kier alpha value is -0.120. The molecule has 1 fully saturated rings. The van der Waals surface area contributed by atoms with Gasteiger partial charge in [0, 0.05) is 19.1 Å². The molecule has 108 valence electrons. The summed E-state index contributed by atoms with van der Waals surface area (Å²) in [6.45, 7) is 12.9. The maximum absolute atomic E-state index is 10.2. The minimum absolute atomic E-state index is 0.502. The summed E-state index contributed by atoms with van der Waals surface area (Å²) in [6, 6.07) is 0.502. The van der Waals surface area contributed by atoms with Crippen LogP contribution in [0, 0.1) is 5.92 Å². The number of likely N-dealkylation sites (tertiary alicyclic amines) is 1. The van der Waals surface area contributed by atoms with E-state index in [1.807, 2.05) is 6.92 Å². The summed E-state index contributed by atoms with van der Waals surface area (Å²) in [6.07, 6.45) is 4.55. The first-order chi connectivity index (χ1) is 8.48. The molecule has 1 heterocycles. The minimum atomic E-state index is -0.553.